The largest absolute Gasteiger partial charge is 0.439 e. The molecule has 0 amide bonds. The molecule has 0 bridgehead atoms. The predicted molar refractivity (Wildman–Crippen MR) is 85.9 cm³/mol. The Bertz CT molecular complexity index is 617. The molecule has 0 radical (unpaired) electrons. The van der Waals surface area contributed by atoms with E-state index < -0.39 is 0 Å². The average Bonchev–Trinajstić information content (AvgIpc) is 2.66. The molecule has 0 spiro atoms. The number of aromatic nitrogens is 2. The summed E-state index contributed by atoms with van der Waals surface area (Å²) in [6, 6.07) is 6.40. The summed E-state index contributed by atoms with van der Waals surface area (Å²) >= 11 is 3.51. The molecule has 1 aromatic heterocycles. The van der Waals surface area contributed by atoms with E-state index in [-0.39, 0.29) is 0 Å². The molecule has 0 unspecified atom stereocenters. The van der Waals surface area contributed by atoms with Crippen molar-refractivity contribution < 1.29 is 4.74 Å². The SMILES string of the molecule is Cc1ccc(C(C)C)cc1Oc1c(CBr)c(C)nn1C. The summed E-state index contributed by atoms with van der Waals surface area (Å²) in [5.74, 6) is 2.20. The molecule has 0 aliphatic heterocycles. The highest BCUT2D eigenvalue weighted by molar-refractivity contribution is 9.08. The van der Waals surface area contributed by atoms with Crippen LogP contribution in [0.5, 0.6) is 11.6 Å². The molecule has 2 rings (SSSR count). The first-order chi connectivity index (χ1) is 9.43. The highest BCUT2D eigenvalue weighted by atomic mass is 79.9. The molecule has 20 heavy (non-hydrogen) atoms. The summed E-state index contributed by atoms with van der Waals surface area (Å²) in [6.07, 6.45) is 0. The van der Waals surface area contributed by atoms with E-state index in [1.54, 1.807) is 4.68 Å². The fourth-order valence-electron chi connectivity index (χ4n) is 2.15. The maximum absolute atomic E-state index is 6.14. The molecule has 0 aliphatic rings. The number of alkyl halides is 1. The second-order valence-corrected chi connectivity index (χ2v) is 5.97. The molecule has 0 atom stereocenters. The molecule has 1 heterocycles. The van der Waals surface area contributed by atoms with Crippen LogP contribution in [0.4, 0.5) is 0 Å². The van der Waals surface area contributed by atoms with E-state index in [9.17, 15) is 0 Å². The minimum absolute atomic E-state index is 0.488. The number of nitrogens with zero attached hydrogens (tertiary/aromatic N) is 2. The molecular formula is C16H21BrN2O. The fourth-order valence-corrected chi connectivity index (χ4v) is 2.80. The van der Waals surface area contributed by atoms with Gasteiger partial charge in [0.2, 0.25) is 5.88 Å². The van der Waals surface area contributed by atoms with Gasteiger partial charge < -0.3 is 4.74 Å². The second-order valence-electron chi connectivity index (χ2n) is 5.41. The van der Waals surface area contributed by atoms with Gasteiger partial charge in [0.05, 0.1) is 5.69 Å². The molecule has 0 saturated carbocycles. The Morgan fingerprint density at radius 3 is 2.60 bits per heavy atom. The van der Waals surface area contributed by atoms with Crippen molar-refractivity contribution in [2.75, 3.05) is 0 Å². The van der Waals surface area contributed by atoms with Crippen LogP contribution in [0, 0.1) is 13.8 Å². The van der Waals surface area contributed by atoms with Crippen molar-refractivity contribution in [1.29, 1.82) is 0 Å². The van der Waals surface area contributed by atoms with E-state index in [1.165, 1.54) is 5.56 Å². The fraction of sp³-hybridized carbons (Fsp3) is 0.438. The lowest BCUT2D eigenvalue weighted by molar-refractivity contribution is 0.424. The van der Waals surface area contributed by atoms with Gasteiger partial charge in [-0.05, 0) is 37.0 Å². The van der Waals surface area contributed by atoms with Crippen LogP contribution >= 0.6 is 15.9 Å². The van der Waals surface area contributed by atoms with Gasteiger partial charge in [0.1, 0.15) is 5.75 Å². The van der Waals surface area contributed by atoms with Gasteiger partial charge in [0.15, 0.2) is 0 Å². The van der Waals surface area contributed by atoms with E-state index in [2.05, 4.69) is 60.0 Å². The number of benzene rings is 1. The molecule has 0 N–H and O–H groups in total. The molecule has 0 aliphatic carbocycles. The zero-order chi connectivity index (χ0) is 14.9. The van der Waals surface area contributed by atoms with Crippen LogP contribution in [0.3, 0.4) is 0 Å². The molecular weight excluding hydrogens is 316 g/mol. The van der Waals surface area contributed by atoms with Crippen LogP contribution in [-0.2, 0) is 12.4 Å². The average molecular weight is 337 g/mol. The Hall–Kier alpha value is -1.29. The summed E-state index contributed by atoms with van der Waals surface area (Å²) in [4.78, 5) is 0. The van der Waals surface area contributed by atoms with Gasteiger partial charge in [0, 0.05) is 17.9 Å². The number of hydrogen-bond donors (Lipinski definition) is 0. The number of rotatable bonds is 4. The number of halogens is 1. The Labute approximate surface area is 129 Å². The third-order valence-electron chi connectivity index (χ3n) is 3.51. The Morgan fingerprint density at radius 2 is 2.00 bits per heavy atom. The monoisotopic (exact) mass is 336 g/mol. The predicted octanol–water partition coefficient (Wildman–Crippen LogP) is 4.85. The maximum Gasteiger partial charge on any atom is 0.221 e. The van der Waals surface area contributed by atoms with E-state index in [4.69, 9.17) is 4.74 Å². The number of hydrogen-bond acceptors (Lipinski definition) is 2. The van der Waals surface area contributed by atoms with E-state index >= 15 is 0 Å². The lowest BCUT2D eigenvalue weighted by atomic mass is 10.0. The summed E-state index contributed by atoms with van der Waals surface area (Å²) in [6.45, 7) is 8.44. The highest BCUT2D eigenvalue weighted by Crippen LogP contribution is 2.32. The molecule has 0 fully saturated rings. The molecule has 2 aromatic rings. The van der Waals surface area contributed by atoms with E-state index in [0.717, 1.165) is 33.8 Å². The van der Waals surface area contributed by atoms with Gasteiger partial charge in [-0.1, -0.05) is 41.9 Å². The van der Waals surface area contributed by atoms with Crippen LogP contribution in [-0.4, -0.2) is 9.78 Å². The van der Waals surface area contributed by atoms with Gasteiger partial charge >= 0.3 is 0 Å². The van der Waals surface area contributed by atoms with Crippen molar-refractivity contribution in [1.82, 2.24) is 9.78 Å². The van der Waals surface area contributed by atoms with Crippen LogP contribution in [0.25, 0.3) is 0 Å². The lowest BCUT2D eigenvalue weighted by Gasteiger charge is -2.13. The molecule has 3 nitrogen and oxygen atoms in total. The Kier molecular flexibility index (Phi) is 4.53. The number of aryl methyl sites for hydroxylation is 3. The minimum Gasteiger partial charge on any atom is -0.439 e. The first kappa shape index (κ1) is 15.1. The topological polar surface area (TPSA) is 27.1 Å². The van der Waals surface area contributed by atoms with Crippen LogP contribution in [0.15, 0.2) is 18.2 Å². The van der Waals surface area contributed by atoms with Crippen molar-refractivity contribution in [2.24, 2.45) is 7.05 Å². The normalized spacial score (nSPS) is 11.2. The van der Waals surface area contributed by atoms with Gasteiger partial charge in [-0.3, -0.25) is 0 Å². The quantitative estimate of drug-likeness (QED) is 0.746. The smallest absolute Gasteiger partial charge is 0.221 e. The summed E-state index contributed by atoms with van der Waals surface area (Å²) < 4.78 is 7.94. The third-order valence-corrected chi connectivity index (χ3v) is 4.07. The Morgan fingerprint density at radius 1 is 1.30 bits per heavy atom. The zero-order valence-electron chi connectivity index (χ0n) is 12.7. The van der Waals surface area contributed by atoms with Crippen molar-refractivity contribution in [3.05, 3.63) is 40.6 Å². The van der Waals surface area contributed by atoms with Crippen molar-refractivity contribution in [3.63, 3.8) is 0 Å². The van der Waals surface area contributed by atoms with Gasteiger partial charge in [0.25, 0.3) is 0 Å². The van der Waals surface area contributed by atoms with Crippen molar-refractivity contribution in [3.8, 4) is 11.6 Å². The van der Waals surface area contributed by atoms with E-state index in [1.807, 2.05) is 14.0 Å². The minimum atomic E-state index is 0.488. The van der Waals surface area contributed by atoms with Crippen LogP contribution < -0.4 is 4.74 Å². The van der Waals surface area contributed by atoms with Gasteiger partial charge in [-0.25, -0.2) is 4.68 Å². The molecule has 108 valence electrons. The molecule has 0 saturated heterocycles. The molecule has 4 heteroatoms. The van der Waals surface area contributed by atoms with Crippen LogP contribution in [0.2, 0.25) is 0 Å². The summed E-state index contributed by atoms with van der Waals surface area (Å²) in [5, 5.41) is 5.17. The zero-order valence-corrected chi connectivity index (χ0v) is 14.3. The van der Waals surface area contributed by atoms with Gasteiger partial charge in [-0.15, -0.1) is 0 Å². The molecule has 1 aromatic carbocycles. The van der Waals surface area contributed by atoms with Crippen molar-refractivity contribution >= 4 is 15.9 Å². The highest BCUT2D eigenvalue weighted by Gasteiger charge is 2.15. The van der Waals surface area contributed by atoms with Gasteiger partial charge in [-0.2, -0.15) is 5.10 Å². The summed E-state index contributed by atoms with van der Waals surface area (Å²) in [5.41, 5.74) is 4.51. The summed E-state index contributed by atoms with van der Waals surface area (Å²) in [7, 11) is 1.91. The standard InChI is InChI=1S/C16H21BrN2O/c1-10(2)13-7-6-11(3)15(8-13)20-16-14(9-17)12(4)18-19(16)5/h6-8,10H,9H2,1-5H3. The number of ether oxygens (including phenoxy) is 1. The first-order valence-corrected chi connectivity index (χ1v) is 7.93. The first-order valence-electron chi connectivity index (χ1n) is 6.80. The second kappa shape index (κ2) is 6.00. The van der Waals surface area contributed by atoms with Crippen LogP contribution in [0.1, 0.15) is 42.1 Å². The third kappa shape index (κ3) is 2.90. The van der Waals surface area contributed by atoms with E-state index in [0.29, 0.717) is 5.92 Å². The van der Waals surface area contributed by atoms with Crippen molar-refractivity contribution in [2.45, 2.75) is 38.9 Å². The lowest BCUT2D eigenvalue weighted by Crippen LogP contribution is -1.99. The Balaban J connectivity index is 2.42. The maximum atomic E-state index is 6.14.